The molecule has 4 nitrogen and oxygen atoms in total. The van der Waals surface area contributed by atoms with E-state index in [4.69, 9.17) is 0 Å². The predicted molar refractivity (Wildman–Crippen MR) is 83.2 cm³/mol. The average molecular weight is 318 g/mol. The summed E-state index contributed by atoms with van der Waals surface area (Å²) in [7, 11) is 0. The van der Waals surface area contributed by atoms with E-state index in [1.807, 2.05) is 19.9 Å². The van der Waals surface area contributed by atoms with Crippen molar-refractivity contribution in [1.82, 2.24) is 5.32 Å². The Morgan fingerprint density at radius 1 is 1.00 bits per heavy atom. The van der Waals surface area contributed by atoms with Gasteiger partial charge in [0.25, 0.3) is 5.91 Å². The number of hydrogen-bond acceptors (Lipinski definition) is 2. The standard InChI is InChI=1S/C17H16F2N2O2/c1-10-5-11(2)7-13(6-10)21-16(22)9-20-17(23)14-4-3-12(18)8-15(14)19/h3-8H,9H2,1-2H3,(H,20,23)(H,21,22). The zero-order valence-electron chi connectivity index (χ0n) is 12.7. The molecule has 0 aliphatic rings. The van der Waals surface area contributed by atoms with Gasteiger partial charge in [-0.2, -0.15) is 0 Å². The van der Waals surface area contributed by atoms with Crippen LogP contribution in [0.3, 0.4) is 0 Å². The summed E-state index contributed by atoms with van der Waals surface area (Å²) in [4.78, 5) is 23.6. The fraction of sp³-hybridized carbons (Fsp3) is 0.176. The molecule has 120 valence electrons. The first-order chi connectivity index (χ1) is 10.8. The molecule has 0 saturated heterocycles. The lowest BCUT2D eigenvalue weighted by atomic mass is 10.1. The summed E-state index contributed by atoms with van der Waals surface area (Å²) in [5.41, 5.74) is 2.30. The fourth-order valence-corrected chi connectivity index (χ4v) is 2.18. The third kappa shape index (κ3) is 4.60. The highest BCUT2D eigenvalue weighted by Crippen LogP contribution is 2.13. The largest absolute Gasteiger partial charge is 0.343 e. The normalized spacial score (nSPS) is 10.3. The molecule has 0 bridgehead atoms. The van der Waals surface area contributed by atoms with Gasteiger partial charge in [-0.15, -0.1) is 0 Å². The van der Waals surface area contributed by atoms with Crippen molar-refractivity contribution in [1.29, 1.82) is 0 Å². The first-order valence-corrected chi connectivity index (χ1v) is 6.96. The number of rotatable bonds is 4. The van der Waals surface area contributed by atoms with E-state index in [1.54, 1.807) is 12.1 Å². The van der Waals surface area contributed by atoms with Crippen LogP contribution in [-0.4, -0.2) is 18.4 Å². The van der Waals surface area contributed by atoms with Crippen LogP contribution in [0.25, 0.3) is 0 Å². The molecular weight excluding hydrogens is 302 g/mol. The summed E-state index contributed by atoms with van der Waals surface area (Å²) in [5.74, 6) is -2.97. The Hall–Kier alpha value is -2.76. The van der Waals surface area contributed by atoms with Crippen LogP contribution in [0.5, 0.6) is 0 Å². The van der Waals surface area contributed by atoms with E-state index in [0.29, 0.717) is 11.8 Å². The van der Waals surface area contributed by atoms with Crippen LogP contribution in [0.15, 0.2) is 36.4 Å². The fourth-order valence-electron chi connectivity index (χ4n) is 2.18. The summed E-state index contributed by atoms with van der Waals surface area (Å²) >= 11 is 0. The predicted octanol–water partition coefficient (Wildman–Crippen LogP) is 2.95. The maximum Gasteiger partial charge on any atom is 0.254 e. The Balaban J connectivity index is 1.94. The first kappa shape index (κ1) is 16.6. The Morgan fingerprint density at radius 2 is 1.65 bits per heavy atom. The van der Waals surface area contributed by atoms with Gasteiger partial charge >= 0.3 is 0 Å². The summed E-state index contributed by atoms with van der Waals surface area (Å²) in [5, 5.41) is 4.94. The minimum Gasteiger partial charge on any atom is -0.343 e. The van der Waals surface area contributed by atoms with Crippen LogP contribution in [0.4, 0.5) is 14.5 Å². The maximum atomic E-state index is 13.5. The van der Waals surface area contributed by atoms with Gasteiger partial charge in [-0.1, -0.05) is 6.07 Å². The second-order valence-corrected chi connectivity index (χ2v) is 5.23. The first-order valence-electron chi connectivity index (χ1n) is 6.96. The van der Waals surface area contributed by atoms with Crippen LogP contribution < -0.4 is 10.6 Å². The second kappa shape index (κ2) is 7.00. The number of halogens is 2. The molecule has 2 rings (SSSR count). The van der Waals surface area contributed by atoms with Crippen LogP contribution >= 0.6 is 0 Å². The molecule has 0 fully saturated rings. The summed E-state index contributed by atoms with van der Waals surface area (Å²) < 4.78 is 26.3. The molecule has 0 saturated carbocycles. The Labute approximate surface area is 132 Å². The molecule has 0 heterocycles. The molecule has 2 aromatic carbocycles. The zero-order valence-corrected chi connectivity index (χ0v) is 12.7. The van der Waals surface area contributed by atoms with Crippen molar-refractivity contribution in [3.8, 4) is 0 Å². The van der Waals surface area contributed by atoms with Gasteiger partial charge in [0.2, 0.25) is 5.91 Å². The molecular formula is C17H16F2N2O2. The van der Waals surface area contributed by atoms with Crippen molar-refractivity contribution in [3.05, 3.63) is 64.7 Å². The highest BCUT2D eigenvalue weighted by atomic mass is 19.1. The highest BCUT2D eigenvalue weighted by Gasteiger charge is 2.13. The summed E-state index contributed by atoms with van der Waals surface area (Å²) in [6.07, 6.45) is 0. The van der Waals surface area contributed by atoms with Crippen molar-refractivity contribution in [2.45, 2.75) is 13.8 Å². The molecule has 0 spiro atoms. The van der Waals surface area contributed by atoms with Gasteiger partial charge in [0, 0.05) is 11.8 Å². The lowest BCUT2D eigenvalue weighted by Crippen LogP contribution is -2.33. The number of carbonyl (C=O) groups is 2. The van der Waals surface area contributed by atoms with E-state index in [-0.39, 0.29) is 12.1 Å². The van der Waals surface area contributed by atoms with Crippen molar-refractivity contribution in [2.75, 3.05) is 11.9 Å². The third-order valence-corrected chi connectivity index (χ3v) is 3.09. The SMILES string of the molecule is Cc1cc(C)cc(NC(=O)CNC(=O)c2ccc(F)cc2F)c1. The Kier molecular flexibility index (Phi) is 5.05. The third-order valence-electron chi connectivity index (χ3n) is 3.09. The van der Waals surface area contributed by atoms with Crippen molar-refractivity contribution >= 4 is 17.5 Å². The minimum absolute atomic E-state index is 0.314. The number of anilines is 1. The summed E-state index contributed by atoms with van der Waals surface area (Å²) in [6.45, 7) is 3.49. The Bertz CT molecular complexity index is 740. The second-order valence-electron chi connectivity index (χ2n) is 5.23. The Morgan fingerprint density at radius 3 is 2.26 bits per heavy atom. The van der Waals surface area contributed by atoms with E-state index in [2.05, 4.69) is 10.6 Å². The molecule has 0 unspecified atom stereocenters. The topological polar surface area (TPSA) is 58.2 Å². The molecule has 23 heavy (non-hydrogen) atoms. The number of benzene rings is 2. The molecule has 0 aromatic heterocycles. The van der Waals surface area contributed by atoms with Crippen LogP contribution in [0, 0.1) is 25.5 Å². The van der Waals surface area contributed by atoms with Crippen LogP contribution in [0.2, 0.25) is 0 Å². The monoisotopic (exact) mass is 318 g/mol. The lowest BCUT2D eigenvalue weighted by molar-refractivity contribution is -0.115. The van der Waals surface area contributed by atoms with E-state index in [9.17, 15) is 18.4 Å². The lowest BCUT2D eigenvalue weighted by Gasteiger charge is -2.09. The molecule has 2 N–H and O–H groups in total. The van der Waals surface area contributed by atoms with Crippen molar-refractivity contribution in [3.63, 3.8) is 0 Å². The van der Waals surface area contributed by atoms with E-state index >= 15 is 0 Å². The molecule has 0 aliphatic heterocycles. The molecule has 0 radical (unpaired) electrons. The van der Waals surface area contributed by atoms with E-state index in [0.717, 1.165) is 23.3 Å². The van der Waals surface area contributed by atoms with Gasteiger partial charge in [0.05, 0.1) is 12.1 Å². The number of hydrogen-bond donors (Lipinski definition) is 2. The van der Waals surface area contributed by atoms with Crippen molar-refractivity contribution < 1.29 is 18.4 Å². The van der Waals surface area contributed by atoms with Gasteiger partial charge < -0.3 is 10.6 Å². The smallest absolute Gasteiger partial charge is 0.254 e. The maximum absolute atomic E-state index is 13.5. The average Bonchev–Trinajstić information content (AvgIpc) is 2.43. The van der Waals surface area contributed by atoms with E-state index in [1.165, 1.54) is 0 Å². The number of carbonyl (C=O) groups excluding carboxylic acids is 2. The van der Waals surface area contributed by atoms with Gasteiger partial charge in [-0.25, -0.2) is 8.78 Å². The number of aryl methyl sites for hydroxylation is 2. The zero-order chi connectivity index (χ0) is 17.0. The quantitative estimate of drug-likeness (QED) is 0.910. The van der Waals surface area contributed by atoms with Crippen LogP contribution in [-0.2, 0) is 4.79 Å². The van der Waals surface area contributed by atoms with Gasteiger partial charge in [0.15, 0.2) is 0 Å². The van der Waals surface area contributed by atoms with Gasteiger partial charge in [-0.05, 0) is 49.2 Å². The van der Waals surface area contributed by atoms with Crippen LogP contribution in [0.1, 0.15) is 21.5 Å². The number of nitrogens with one attached hydrogen (secondary N) is 2. The minimum atomic E-state index is -0.975. The van der Waals surface area contributed by atoms with Crippen molar-refractivity contribution in [2.24, 2.45) is 0 Å². The molecule has 6 heteroatoms. The molecule has 2 amide bonds. The highest BCUT2D eigenvalue weighted by molar-refractivity contribution is 5.99. The summed E-state index contributed by atoms with van der Waals surface area (Å²) in [6, 6.07) is 8.19. The molecule has 0 atom stereocenters. The van der Waals surface area contributed by atoms with Gasteiger partial charge in [-0.3, -0.25) is 9.59 Å². The van der Waals surface area contributed by atoms with E-state index < -0.39 is 23.4 Å². The molecule has 0 aliphatic carbocycles. The number of amides is 2. The van der Waals surface area contributed by atoms with Gasteiger partial charge in [0.1, 0.15) is 11.6 Å². The molecule has 2 aromatic rings.